The smallest absolute Gasteiger partial charge is 0.306 e. The molecule has 2 saturated carbocycles. The van der Waals surface area contributed by atoms with Crippen molar-refractivity contribution in [1.82, 2.24) is 0 Å². The molecule has 1 unspecified atom stereocenters. The zero-order valence-corrected chi connectivity index (χ0v) is 25.1. The first-order valence-corrected chi connectivity index (χ1v) is 15.2. The molecule has 0 aromatic rings. The highest BCUT2D eigenvalue weighted by atomic mass is 16.6. The van der Waals surface area contributed by atoms with Crippen molar-refractivity contribution in [2.75, 3.05) is 6.61 Å². The van der Waals surface area contributed by atoms with Gasteiger partial charge < -0.3 is 29.9 Å². The molecule has 4 N–H and O–H groups in total. The average Bonchev–Trinajstić information content (AvgIpc) is 3.30. The highest BCUT2D eigenvalue weighted by Crippen LogP contribution is 2.76. The molecule has 226 valence electrons. The molecule has 9 atom stereocenters. The van der Waals surface area contributed by atoms with Gasteiger partial charge in [-0.2, -0.15) is 0 Å². The minimum Gasteiger partial charge on any atom is -0.461 e. The van der Waals surface area contributed by atoms with E-state index in [9.17, 15) is 30.0 Å². The van der Waals surface area contributed by atoms with Gasteiger partial charge in [-0.3, -0.25) is 9.59 Å². The molecule has 2 fully saturated rings. The summed E-state index contributed by atoms with van der Waals surface area (Å²) < 4.78 is 11.6. The minimum absolute atomic E-state index is 0.228. The third-order valence-corrected chi connectivity index (χ3v) is 10.9. The summed E-state index contributed by atoms with van der Waals surface area (Å²) in [5, 5.41) is 47.2. The molecule has 0 amide bonds. The third-order valence-electron chi connectivity index (χ3n) is 10.9. The van der Waals surface area contributed by atoms with E-state index in [1.54, 1.807) is 19.1 Å². The molecule has 4 rings (SSSR count). The Morgan fingerprint density at radius 2 is 1.65 bits per heavy atom. The molecule has 0 radical (unpaired) electrons. The average molecular weight is 563 g/mol. The normalized spacial score (nSPS) is 41.0. The zero-order valence-electron chi connectivity index (χ0n) is 25.1. The Labute approximate surface area is 238 Å². The lowest BCUT2D eigenvalue weighted by molar-refractivity contribution is -0.217. The minimum atomic E-state index is -2.15. The van der Waals surface area contributed by atoms with Crippen LogP contribution in [0.1, 0.15) is 99.3 Å². The van der Waals surface area contributed by atoms with Crippen LogP contribution in [0.15, 0.2) is 23.3 Å². The first-order chi connectivity index (χ1) is 18.7. The molecule has 1 spiro atoms. The van der Waals surface area contributed by atoms with Crippen LogP contribution in [0.5, 0.6) is 0 Å². The van der Waals surface area contributed by atoms with Crippen LogP contribution in [0.2, 0.25) is 0 Å². The van der Waals surface area contributed by atoms with Crippen molar-refractivity contribution in [3.63, 3.8) is 0 Å². The van der Waals surface area contributed by atoms with Gasteiger partial charge in [0, 0.05) is 30.6 Å². The fraction of sp³-hybridized carbons (Fsp3) is 0.812. The summed E-state index contributed by atoms with van der Waals surface area (Å²) in [6.45, 7) is 10.8. The monoisotopic (exact) mass is 562 g/mol. The van der Waals surface area contributed by atoms with Crippen LogP contribution < -0.4 is 0 Å². The summed E-state index contributed by atoms with van der Waals surface area (Å²) in [5.74, 6) is -2.17. The summed E-state index contributed by atoms with van der Waals surface area (Å²) in [4.78, 5) is 24.9. The van der Waals surface area contributed by atoms with E-state index in [0.717, 1.165) is 19.3 Å². The van der Waals surface area contributed by atoms with E-state index in [2.05, 4.69) is 6.92 Å². The Morgan fingerprint density at radius 3 is 2.27 bits per heavy atom. The maximum absolute atomic E-state index is 13.2. The number of carbonyl (C=O) groups excluding carboxylic acids is 2. The number of esters is 2. The fourth-order valence-electron chi connectivity index (χ4n) is 8.69. The number of rotatable bonds is 11. The standard InChI is InChI=1S/C32H50O8/c1-7-8-9-10-11-12-13-14-24(34)40-31-17-20(3)30-16-19(2)26(35)32(30,38)27(36)22(18-39-21(4)33)15-23(28(30)37)25(31)29(31,5)6/h15-16,20,23,25-28,35-38H,7-14,17-18H2,1-6H3/t20-,23+,25-,26+,27-,28?,30+,31+,32-/m1/s1. The summed E-state index contributed by atoms with van der Waals surface area (Å²) in [6.07, 6.45) is 7.62. The maximum Gasteiger partial charge on any atom is 0.306 e. The Morgan fingerprint density at radius 1 is 1.02 bits per heavy atom. The van der Waals surface area contributed by atoms with Gasteiger partial charge in [0.25, 0.3) is 0 Å². The molecular formula is C32H50O8. The van der Waals surface area contributed by atoms with Crippen molar-refractivity contribution in [3.05, 3.63) is 23.3 Å². The molecule has 0 aliphatic heterocycles. The van der Waals surface area contributed by atoms with Gasteiger partial charge in [0.15, 0.2) is 0 Å². The molecule has 40 heavy (non-hydrogen) atoms. The van der Waals surface area contributed by atoms with Crippen molar-refractivity contribution >= 4 is 11.9 Å². The van der Waals surface area contributed by atoms with Gasteiger partial charge in [-0.25, -0.2) is 0 Å². The fourth-order valence-corrected chi connectivity index (χ4v) is 8.69. The van der Waals surface area contributed by atoms with E-state index < -0.39 is 58.1 Å². The van der Waals surface area contributed by atoms with Crippen LogP contribution in [0.3, 0.4) is 0 Å². The highest BCUT2D eigenvalue weighted by molar-refractivity contribution is 5.71. The second-order valence-corrected chi connectivity index (χ2v) is 13.5. The van der Waals surface area contributed by atoms with Gasteiger partial charge in [0.1, 0.15) is 30.0 Å². The molecule has 0 aromatic carbocycles. The van der Waals surface area contributed by atoms with E-state index in [0.29, 0.717) is 18.4 Å². The lowest BCUT2D eigenvalue weighted by atomic mass is 9.58. The molecular weight excluding hydrogens is 512 g/mol. The van der Waals surface area contributed by atoms with Gasteiger partial charge in [-0.15, -0.1) is 0 Å². The number of fused-ring (bicyclic) bond motifs is 3. The van der Waals surface area contributed by atoms with E-state index in [1.807, 2.05) is 20.8 Å². The molecule has 4 aliphatic rings. The lowest BCUT2D eigenvalue weighted by Crippen LogP contribution is -2.66. The quantitative estimate of drug-likeness (QED) is 0.169. The third kappa shape index (κ3) is 4.58. The first-order valence-electron chi connectivity index (χ1n) is 15.2. The van der Waals surface area contributed by atoms with Crippen LogP contribution in [-0.4, -0.2) is 68.5 Å². The molecule has 2 bridgehead atoms. The van der Waals surface area contributed by atoms with Crippen LogP contribution in [0.4, 0.5) is 0 Å². The van der Waals surface area contributed by atoms with E-state index in [-0.39, 0.29) is 24.1 Å². The second-order valence-electron chi connectivity index (χ2n) is 13.5. The van der Waals surface area contributed by atoms with Gasteiger partial charge in [-0.05, 0) is 36.8 Å². The zero-order chi connectivity index (χ0) is 29.7. The van der Waals surface area contributed by atoms with Gasteiger partial charge >= 0.3 is 11.9 Å². The number of ether oxygens (including phenoxy) is 2. The molecule has 8 nitrogen and oxygen atoms in total. The Hall–Kier alpha value is -1.74. The predicted octanol–water partition coefficient (Wildman–Crippen LogP) is 3.98. The van der Waals surface area contributed by atoms with Gasteiger partial charge in [0.2, 0.25) is 0 Å². The van der Waals surface area contributed by atoms with Gasteiger partial charge in [-0.1, -0.05) is 78.4 Å². The number of unbranched alkanes of at least 4 members (excludes halogenated alkanes) is 6. The predicted molar refractivity (Wildman–Crippen MR) is 150 cm³/mol. The summed E-state index contributed by atoms with van der Waals surface area (Å²) in [5.41, 5.74) is -4.22. The van der Waals surface area contributed by atoms with Crippen molar-refractivity contribution in [1.29, 1.82) is 0 Å². The van der Waals surface area contributed by atoms with Crippen molar-refractivity contribution < 1.29 is 39.5 Å². The summed E-state index contributed by atoms with van der Waals surface area (Å²) in [6, 6.07) is 0. The number of hydrogen-bond acceptors (Lipinski definition) is 8. The molecule has 0 saturated heterocycles. The van der Waals surface area contributed by atoms with Crippen LogP contribution in [0, 0.1) is 28.6 Å². The van der Waals surface area contributed by atoms with E-state index in [4.69, 9.17) is 9.47 Å². The molecule has 8 heteroatoms. The maximum atomic E-state index is 13.2. The van der Waals surface area contributed by atoms with Crippen molar-refractivity contribution in [2.24, 2.45) is 28.6 Å². The summed E-state index contributed by atoms with van der Waals surface area (Å²) in [7, 11) is 0. The topological polar surface area (TPSA) is 134 Å². The SMILES string of the molecule is CCCCCCCCCC(=O)O[C@@]12C[C@@H](C)[C@]34C=C(C)[C@H](O)[C@@]3(O)[C@H](O)C(COC(C)=O)=C[C@H](C4O)[C@@H]1C2(C)C. The Balaban J connectivity index is 1.66. The molecule has 0 heterocycles. The Kier molecular flexibility index (Phi) is 8.70. The number of aliphatic hydroxyl groups is 4. The number of carbonyl (C=O) groups is 2. The summed E-state index contributed by atoms with van der Waals surface area (Å²) >= 11 is 0. The van der Waals surface area contributed by atoms with Crippen molar-refractivity contribution in [3.8, 4) is 0 Å². The van der Waals surface area contributed by atoms with E-state index >= 15 is 0 Å². The molecule has 4 aliphatic carbocycles. The first kappa shape index (κ1) is 31.2. The lowest BCUT2D eigenvalue weighted by Gasteiger charge is -2.51. The Bertz CT molecular complexity index is 1050. The highest BCUT2D eigenvalue weighted by Gasteiger charge is 2.82. The number of hydrogen-bond donors (Lipinski definition) is 4. The second kappa shape index (κ2) is 11.2. The van der Waals surface area contributed by atoms with Crippen molar-refractivity contribution in [2.45, 2.75) is 129 Å². The van der Waals surface area contributed by atoms with Crippen LogP contribution in [-0.2, 0) is 19.1 Å². The van der Waals surface area contributed by atoms with Gasteiger partial charge in [0.05, 0.1) is 11.5 Å². The number of aliphatic hydroxyl groups excluding tert-OH is 3. The van der Waals surface area contributed by atoms with Crippen LogP contribution >= 0.6 is 0 Å². The van der Waals surface area contributed by atoms with E-state index in [1.165, 1.54) is 32.6 Å². The largest absolute Gasteiger partial charge is 0.461 e. The molecule has 0 aromatic heterocycles. The van der Waals surface area contributed by atoms with Crippen LogP contribution in [0.25, 0.3) is 0 Å².